The standard InChI is InChI=1S/C13H16F3N3O2/c1-8(11(20)19-12(21)17-2)18-7-9-4-3-5-10(6-9)13(14,15)16/h3-6,8,18H,7H2,1-2H3,(H2,17,19,20,21). The smallest absolute Gasteiger partial charge is 0.341 e. The molecule has 1 rings (SSSR count). The van der Waals surface area contributed by atoms with Gasteiger partial charge in [-0.2, -0.15) is 13.2 Å². The normalized spacial score (nSPS) is 12.6. The Morgan fingerprint density at radius 2 is 1.95 bits per heavy atom. The second kappa shape index (κ2) is 7.07. The van der Waals surface area contributed by atoms with Crippen molar-refractivity contribution in [2.24, 2.45) is 0 Å². The van der Waals surface area contributed by atoms with Gasteiger partial charge in [-0.15, -0.1) is 0 Å². The lowest BCUT2D eigenvalue weighted by Crippen LogP contribution is -2.47. The van der Waals surface area contributed by atoms with Gasteiger partial charge in [-0.1, -0.05) is 18.2 Å². The van der Waals surface area contributed by atoms with E-state index in [1.807, 2.05) is 0 Å². The Bertz CT molecular complexity index is 518. The van der Waals surface area contributed by atoms with Gasteiger partial charge >= 0.3 is 12.2 Å². The van der Waals surface area contributed by atoms with Gasteiger partial charge < -0.3 is 10.6 Å². The Labute approximate surface area is 119 Å². The first kappa shape index (κ1) is 17.0. The van der Waals surface area contributed by atoms with Crippen molar-refractivity contribution in [3.63, 3.8) is 0 Å². The largest absolute Gasteiger partial charge is 0.416 e. The maximum Gasteiger partial charge on any atom is 0.416 e. The second-order valence-electron chi connectivity index (χ2n) is 4.37. The molecule has 0 aromatic heterocycles. The lowest BCUT2D eigenvalue weighted by Gasteiger charge is -2.14. The molecule has 0 aliphatic carbocycles. The predicted octanol–water partition coefficient (Wildman–Crippen LogP) is 1.64. The molecular weight excluding hydrogens is 287 g/mol. The van der Waals surface area contributed by atoms with Gasteiger partial charge in [0.05, 0.1) is 11.6 Å². The number of carbonyl (C=O) groups is 2. The minimum Gasteiger partial charge on any atom is -0.341 e. The predicted molar refractivity (Wildman–Crippen MR) is 70.3 cm³/mol. The topological polar surface area (TPSA) is 70.2 Å². The summed E-state index contributed by atoms with van der Waals surface area (Å²) in [6.07, 6.45) is -4.40. The second-order valence-corrected chi connectivity index (χ2v) is 4.37. The van der Waals surface area contributed by atoms with Crippen molar-refractivity contribution >= 4 is 11.9 Å². The van der Waals surface area contributed by atoms with Crippen LogP contribution in [-0.2, 0) is 17.5 Å². The molecule has 0 bridgehead atoms. The summed E-state index contributed by atoms with van der Waals surface area (Å²) in [6.45, 7) is 1.58. The quantitative estimate of drug-likeness (QED) is 0.792. The molecule has 3 amide bonds. The van der Waals surface area contributed by atoms with E-state index in [0.717, 1.165) is 12.1 Å². The third kappa shape index (κ3) is 5.42. The van der Waals surface area contributed by atoms with Crippen LogP contribution in [0.4, 0.5) is 18.0 Å². The minimum atomic E-state index is -4.40. The first-order chi connectivity index (χ1) is 9.74. The summed E-state index contributed by atoms with van der Waals surface area (Å²) in [7, 11) is 1.36. The van der Waals surface area contributed by atoms with Crippen LogP contribution in [0.25, 0.3) is 0 Å². The maximum absolute atomic E-state index is 12.5. The van der Waals surface area contributed by atoms with Crippen LogP contribution in [-0.4, -0.2) is 25.0 Å². The van der Waals surface area contributed by atoms with Crippen LogP contribution in [0.3, 0.4) is 0 Å². The molecule has 1 atom stereocenters. The number of hydrogen-bond acceptors (Lipinski definition) is 3. The fraction of sp³-hybridized carbons (Fsp3) is 0.385. The molecule has 0 radical (unpaired) electrons. The van der Waals surface area contributed by atoms with Crippen LogP contribution in [0, 0.1) is 0 Å². The van der Waals surface area contributed by atoms with Crippen molar-refractivity contribution in [3.05, 3.63) is 35.4 Å². The summed E-state index contributed by atoms with van der Waals surface area (Å²) in [5.74, 6) is -0.568. The Balaban J connectivity index is 2.59. The van der Waals surface area contributed by atoms with Crippen molar-refractivity contribution in [2.75, 3.05) is 7.05 Å². The zero-order valence-corrected chi connectivity index (χ0v) is 11.5. The van der Waals surface area contributed by atoms with Crippen LogP contribution < -0.4 is 16.0 Å². The minimum absolute atomic E-state index is 0.0756. The number of alkyl halides is 3. The third-order valence-corrected chi connectivity index (χ3v) is 2.72. The SMILES string of the molecule is CNC(=O)NC(=O)C(C)NCc1cccc(C(F)(F)F)c1. The van der Waals surface area contributed by atoms with E-state index >= 15 is 0 Å². The molecule has 1 unspecified atom stereocenters. The molecule has 0 fully saturated rings. The Hall–Kier alpha value is -2.09. The van der Waals surface area contributed by atoms with Gasteiger partial charge in [-0.05, 0) is 18.6 Å². The van der Waals surface area contributed by atoms with Gasteiger partial charge in [0.15, 0.2) is 0 Å². The van der Waals surface area contributed by atoms with Gasteiger partial charge in [0, 0.05) is 13.6 Å². The van der Waals surface area contributed by atoms with Crippen molar-refractivity contribution < 1.29 is 22.8 Å². The molecular formula is C13H16F3N3O2. The average Bonchev–Trinajstić information content (AvgIpc) is 2.43. The number of hydrogen-bond donors (Lipinski definition) is 3. The molecule has 0 saturated heterocycles. The van der Waals surface area contributed by atoms with Crippen molar-refractivity contribution in [1.82, 2.24) is 16.0 Å². The highest BCUT2D eigenvalue weighted by Crippen LogP contribution is 2.29. The average molecular weight is 303 g/mol. The highest BCUT2D eigenvalue weighted by Gasteiger charge is 2.30. The van der Waals surface area contributed by atoms with Crippen molar-refractivity contribution in [1.29, 1.82) is 0 Å². The lowest BCUT2D eigenvalue weighted by atomic mass is 10.1. The van der Waals surface area contributed by atoms with E-state index in [1.165, 1.54) is 26.1 Å². The molecule has 0 heterocycles. The Morgan fingerprint density at radius 3 is 2.52 bits per heavy atom. The number of rotatable bonds is 4. The number of carbonyl (C=O) groups excluding carboxylic acids is 2. The number of halogens is 3. The summed E-state index contributed by atoms with van der Waals surface area (Å²) in [5.41, 5.74) is -0.353. The molecule has 21 heavy (non-hydrogen) atoms. The molecule has 1 aromatic rings. The van der Waals surface area contributed by atoms with Crippen LogP contribution in [0.5, 0.6) is 0 Å². The molecule has 116 valence electrons. The molecule has 0 saturated carbocycles. The summed E-state index contributed by atoms with van der Waals surface area (Å²) in [5, 5.41) is 7.04. The first-order valence-electron chi connectivity index (χ1n) is 6.16. The van der Waals surface area contributed by atoms with Crippen LogP contribution >= 0.6 is 0 Å². The highest BCUT2D eigenvalue weighted by atomic mass is 19.4. The highest BCUT2D eigenvalue weighted by molar-refractivity contribution is 5.96. The fourth-order valence-electron chi connectivity index (χ4n) is 1.50. The first-order valence-corrected chi connectivity index (χ1v) is 6.16. The van der Waals surface area contributed by atoms with Crippen LogP contribution in [0.15, 0.2) is 24.3 Å². The van der Waals surface area contributed by atoms with Gasteiger partial charge in [-0.3, -0.25) is 10.1 Å². The van der Waals surface area contributed by atoms with Gasteiger partial charge in [0.1, 0.15) is 0 Å². The fourth-order valence-corrected chi connectivity index (χ4v) is 1.50. The van der Waals surface area contributed by atoms with Gasteiger partial charge in [0.25, 0.3) is 0 Å². The monoisotopic (exact) mass is 303 g/mol. The zero-order valence-electron chi connectivity index (χ0n) is 11.5. The molecule has 3 N–H and O–H groups in total. The van der Waals surface area contributed by atoms with E-state index in [4.69, 9.17) is 0 Å². The zero-order chi connectivity index (χ0) is 16.0. The summed E-state index contributed by atoms with van der Waals surface area (Å²) in [4.78, 5) is 22.5. The molecule has 1 aromatic carbocycles. The number of imide groups is 1. The third-order valence-electron chi connectivity index (χ3n) is 2.72. The molecule has 0 aliphatic rings. The van der Waals surface area contributed by atoms with Crippen molar-refractivity contribution in [3.8, 4) is 0 Å². The van der Waals surface area contributed by atoms with E-state index < -0.39 is 29.7 Å². The van der Waals surface area contributed by atoms with Crippen LogP contribution in [0.1, 0.15) is 18.1 Å². The number of amides is 3. The molecule has 0 aliphatic heterocycles. The Morgan fingerprint density at radius 1 is 1.29 bits per heavy atom. The molecule has 5 nitrogen and oxygen atoms in total. The van der Waals surface area contributed by atoms with Gasteiger partial charge in [-0.25, -0.2) is 4.79 Å². The number of benzene rings is 1. The Kier molecular flexibility index (Phi) is 5.71. The maximum atomic E-state index is 12.5. The van der Waals surface area contributed by atoms with E-state index in [1.54, 1.807) is 0 Å². The van der Waals surface area contributed by atoms with E-state index in [0.29, 0.717) is 5.56 Å². The molecule has 8 heteroatoms. The van der Waals surface area contributed by atoms with E-state index in [-0.39, 0.29) is 6.54 Å². The van der Waals surface area contributed by atoms with E-state index in [9.17, 15) is 22.8 Å². The van der Waals surface area contributed by atoms with E-state index in [2.05, 4.69) is 16.0 Å². The lowest BCUT2D eigenvalue weighted by molar-refractivity contribution is -0.137. The number of urea groups is 1. The van der Waals surface area contributed by atoms with Crippen molar-refractivity contribution in [2.45, 2.75) is 25.7 Å². The summed E-state index contributed by atoms with van der Waals surface area (Å²) < 4.78 is 37.6. The van der Waals surface area contributed by atoms with Gasteiger partial charge in [0.2, 0.25) is 5.91 Å². The number of nitrogens with one attached hydrogen (secondary N) is 3. The summed E-state index contributed by atoms with van der Waals surface area (Å²) in [6, 6.07) is 3.44. The summed E-state index contributed by atoms with van der Waals surface area (Å²) >= 11 is 0. The molecule has 0 spiro atoms. The van der Waals surface area contributed by atoms with Crippen LogP contribution in [0.2, 0.25) is 0 Å².